The fourth-order valence-electron chi connectivity index (χ4n) is 1.80. The van der Waals surface area contributed by atoms with Gasteiger partial charge in [-0.05, 0) is 39.3 Å². The molecule has 0 fully saturated rings. The minimum Gasteiger partial charge on any atom is -0.480 e. The van der Waals surface area contributed by atoms with Gasteiger partial charge in [0.1, 0.15) is 11.6 Å². The summed E-state index contributed by atoms with van der Waals surface area (Å²) in [6.45, 7) is 6.52. The van der Waals surface area contributed by atoms with Crippen molar-refractivity contribution in [2.75, 3.05) is 0 Å². The first-order valence-corrected chi connectivity index (χ1v) is 6.90. The number of aliphatic carboxylic acids is 1. The second-order valence-corrected chi connectivity index (χ2v) is 6.00. The van der Waals surface area contributed by atoms with E-state index >= 15 is 0 Å². The normalized spacial score (nSPS) is 12.4. The van der Waals surface area contributed by atoms with Crippen LogP contribution in [0, 0.1) is 0 Å². The summed E-state index contributed by atoms with van der Waals surface area (Å²) in [6, 6.07) is 5.53. The lowest BCUT2D eigenvalue weighted by atomic mass is 10.0. The maximum Gasteiger partial charge on any atom is 0.408 e. The van der Waals surface area contributed by atoms with Crippen LogP contribution in [0.15, 0.2) is 24.3 Å². The molecular weight excluding hydrogens is 286 g/mol. The van der Waals surface area contributed by atoms with Gasteiger partial charge >= 0.3 is 12.1 Å². The van der Waals surface area contributed by atoms with E-state index in [0.29, 0.717) is 11.1 Å². The number of benzene rings is 1. The Kier molecular flexibility index (Phi) is 5.68. The third-order valence-electron chi connectivity index (χ3n) is 2.76. The zero-order chi connectivity index (χ0) is 16.9. The van der Waals surface area contributed by atoms with Gasteiger partial charge in [0, 0.05) is 12.0 Å². The summed E-state index contributed by atoms with van der Waals surface area (Å²) in [5, 5.41) is 11.5. The van der Waals surface area contributed by atoms with Crippen LogP contribution < -0.4 is 5.32 Å². The molecule has 0 saturated carbocycles. The second kappa shape index (κ2) is 7.06. The molecule has 0 radical (unpaired) electrons. The van der Waals surface area contributed by atoms with Gasteiger partial charge in [-0.1, -0.05) is 18.2 Å². The van der Waals surface area contributed by atoms with Crippen LogP contribution in [0.1, 0.15) is 43.6 Å². The van der Waals surface area contributed by atoms with Gasteiger partial charge in [0.2, 0.25) is 0 Å². The highest BCUT2D eigenvalue weighted by Crippen LogP contribution is 2.11. The zero-order valence-electron chi connectivity index (χ0n) is 13.2. The quantitative estimate of drug-likeness (QED) is 0.815. The van der Waals surface area contributed by atoms with Gasteiger partial charge in [0.15, 0.2) is 5.78 Å². The Balaban J connectivity index is 2.81. The number of hydrogen-bond acceptors (Lipinski definition) is 4. The molecule has 1 aromatic carbocycles. The van der Waals surface area contributed by atoms with Crippen molar-refractivity contribution < 1.29 is 24.2 Å². The third kappa shape index (κ3) is 5.95. The molecule has 0 saturated heterocycles. The molecule has 0 spiro atoms. The highest BCUT2D eigenvalue weighted by Gasteiger charge is 2.24. The molecule has 0 unspecified atom stereocenters. The van der Waals surface area contributed by atoms with E-state index in [0.717, 1.165) is 0 Å². The molecule has 6 nitrogen and oxygen atoms in total. The lowest BCUT2D eigenvalue weighted by Crippen LogP contribution is -2.44. The van der Waals surface area contributed by atoms with Crippen LogP contribution in [0.5, 0.6) is 0 Å². The first-order valence-electron chi connectivity index (χ1n) is 6.90. The Morgan fingerprint density at radius 1 is 1.27 bits per heavy atom. The summed E-state index contributed by atoms with van der Waals surface area (Å²) in [6.07, 6.45) is -0.724. The molecule has 0 heterocycles. The lowest BCUT2D eigenvalue weighted by molar-refractivity contribution is -0.139. The number of Topliss-reactive ketones (excluding diaryl/α,β-unsaturated/α-hetero) is 1. The number of carbonyl (C=O) groups excluding carboxylic acids is 2. The van der Waals surface area contributed by atoms with Gasteiger partial charge in [0.05, 0.1) is 0 Å². The molecular formula is C16H21NO5. The summed E-state index contributed by atoms with van der Waals surface area (Å²) in [7, 11) is 0. The second-order valence-electron chi connectivity index (χ2n) is 6.00. The van der Waals surface area contributed by atoms with Crippen LogP contribution in [0.4, 0.5) is 4.79 Å². The average molecular weight is 307 g/mol. The van der Waals surface area contributed by atoms with E-state index in [-0.39, 0.29) is 12.2 Å². The Bertz CT molecular complexity index is 574. The summed E-state index contributed by atoms with van der Waals surface area (Å²) in [4.78, 5) is 34.3. The van der Waals surface area contributed by atoms with Crippen molar-refractivity contribution in [1.29, 1.82) is 0 Å². The summed E-state index contributed by atoms with van der Waals surface area (Å²) < 4.78 is 5.05. The number of carboxylic acids is 1. The van der Waals surface area contributed by atoms with Crippen molar-refractivity contribution in [2.45, 2.75) is 45.8 Å². The van der Waals surface area contributed by atoms with E-state index in [2.05, 4.69) is 5.32 Å². The number of ketones is 1. The minimum absolute atomic E-state index is 0.0652. The summed E-state index contributed by atoms with van der Waals surface area (Å²) in [5.41, 5.74) is 0.442. The van der Waals surface area contributed by atoms with Crippen LogP contribution in [-0.4, -0.2) is 34.6 Å². The number of alkyl carbamates (subject to hydrolysis) is 1. The van der Waals surface area contributed by atoms with Crippen molar-refractivity contribution in [3.63, 3.8) is 0 Å². The van der Waals surface area contributed by atoms with E-state index in [1.807, 2.05) is 0 Å². The Hall–Kier alpha value is -2.37. The molecule has 0 aliphatic heterocycles. The number of carbonyl (C=O) groups is 3. The summed E-state index contributed by atoms with van der Waals surface area (Å²) in [5.74, 6) is -1.27. The van der Waals surface area contributed by atoms with Crippen LogP contribution in [0.2, 0.25) is 0 Å². The maximum atomic E-state index is 11.7. The third-order valence-corrected chi connectivity index (χ3v) is 2.76. The van der Waals surface area contributed by atoms with Crippen molar-refractivity contribution in [3.05, 3.63) is 35.4 Å². The maximum absolute atomic E-state index is 11.7. The average Bonchev–Trinajstić information content (AvgIpc) is 2.35. The lowest BCUT2D eigenvalue weighted by Gasteiger charge is -2.22. The molecule has 1 rings (SSSR count). The van der Waals surface area contributed by atoms with Gasteiger partial charge in [-0.15, -0.1) is 0 Å². The predicted octanol–water partition coefficient (Wildman–Crippen LogP) is 2.41. The number of carboxylic acid groups (broad SMARTS) is 1. The molecule has 6 heteroatoms. The van der Waals surface area contributed by atoms with Crippen molar-refractivity contribution in [1.82, 2.24) is 5.32 Å². The molecule has 1 aromatic rings. The highest BCUT2D eigenvalue weighted by atomic mass is 16.6. The largest absolute Gasteiger partial charge is 0.480 e. The summed E-state index contributed by atoms with van der Waals surface area (Å²) >= 11 is 0. The first-order chi connectivity index (χ1) is 10.1. The van der Waals surface area contributed by atoms with Gasteiger partial charge < -0.3 is 15.2 Å². The predicted molar refractivity (Wildman–Crippen MR) is 80.9 cm³/mol. The topological polar surface area (TPSA) is 92.7 Å². The number of nitrogens with one attached hydrogen (secondary N) is 1. The fraction of sp³-hybridized carbons (Fsp3) is 0.438. The molecule has 2 N–H and O–H groups in total. The molecule has 1 atom stereocenters. The first kappa shape index (κ1) is 17.7. The Labute approximate surface area is 129 Å². The highest BCUT2D eigenvalue weighted by molar-refractivity contribution is 5.94. The van der Waals surface area contributed by atoms with Gasteiger partial charge in [-0.25, -0.2) is 9.59 Å². The van der Waals surface area contributed by atoms with Crippen LogP contribution in [0.3, 0.4) is 0 Å². The molecule has 22 heavy (non-hydrogen) atoms. The number of amides is 1. The zero-order valence-corrected chi connectivity index (χ0v) is 13.2. The van der Waals surface area contributed by atoms with Gasteiger partial charge in [-0.3, -0.25) is 4.79 Å². The molecule has 0 aliphatic rings. The number of rotatable bonds is 5. The van der Waals surface area contributed by atoms with Crippen molar-refractivity contribution in [3.8, 4) is 0 Å². The van der Waals surface area contributed by atoms with Crippen LogP contribution in [0.25, 0.3) is 0 Å². The van der Waals surface area contributed by atoms with Crippen molar-refractivity contribution in [2.24, 2.45) is 0 Å². The Morgan fingerprint density at radius 3 is 2.41 bits per heavy atom. The van der Waals surface area contributed by atoms with Crippen molar-refractivity contribution >= 4 is 17.8 Å². The molecule has 0 aromatic heterocycles. The van der Waals surface area contributed by atoms with Gasteiger partial charge in [0.25, 0.3) is 0 Å². The number of hydrogen-bond donors (Lipinski definition) is 2. The fourth-order valence-corrected chi connectivity index (χ4v) is 1.80. The standard InChI is InChI=1S/C16H21NO5/c1-10(18)12-7-5-6-11(8-12)9-13(14(19)20)17-15(21)22-16(2,3)4/h5-8,13H,9H2,1-4H3,(H,17,21)(H,19,20)/t13-/m0/s1. The van der Waals surface area contributed by atoms with E-state index in [1.165, 1.54) is 6.92 Å². The molecule has 0 bridgehead atoms. The minimum atomic E-state index is -1.17. The van der Waals surface area contributed by atoms with E-state index in [9.17, 15) is 19.5 Å². The van der Waals surface area contributed by atoms with Crippen LogP contribution in [-0.2, 0) is 16.0 Å². The monoisotopic (exact) mass is 307 g/mol. The van der Waals surface area contributed by atoms with E-state index < -0.39 is 23.7 Å². The molecule has 120 valence electrons. The molecule has 1 amide bonds. The molecule has 0 aliphatic carbocycles. The SMILES string of the molecule is CC(=O)c1cccc(C[C@H](NC(=O)OC(C)(C)C)C(=O)O)c1. The Morgan fingerprint density at radius 2 is 1.91 bits per heavy atom. The van der Waals surface area contributed by atoms with E-state index in [4.69, 9.17) is 4.74 Å². The smallest absolute Gasteiger partial charge is 0.408 e. The van der Waals surface area contributed by atoms with E-state index in [1.54, 1.807) is 45.0 Å². The van der Waals surface area contributed by atoms with Crippen LogP contribution >= 0.6 is 0 Å². The van der Waals surface area contributed by atoms with Gasteiger partial charge in [-0.2, -0.15) is 0 Å². The number of ether oxygens (including phenoxy) is 1.